The molecule has 2 aromatic carbocycles. The lowest BCUT2D eigenvalue weighted by Gasteiger charge is -2.10. The van der Waals surface area contributed by atoms with E-state index in [1.54, 1.807) is 24.3 Å². The molecule has 2 aromatic rings. The highest BCUT2D eigenvalue weighted by Gasteiger charge is 2.08. The second kappa shape index (κ2) is 8.38. The number of carbonyl (C=O) groups excluding carboxylic acids is 2. The first-order chi connectivity index (χ1) is 11.0. The number of hydrogen-bond acceptors (Lipinski definition) is 3. The number of hydrogen-bond donors (Lipinski definition) is 2. The minimum atomic E-state index is -0.147. The molecule has 0 fully saturated rings. The van der Waals surface area contributed by atoms with Gasteiger partial charge in [-0.2, -0.15) is 0 Å². The van der Waals surface area contributed by atoms with Gasteiger partial charge in [-0.3, -0.25) is 9.59 Å². The molecule has 0 saturated heterocycles. The van der Waals surface area contributed by atoms with E-state index in [2.05, 4.69) is 26.6 Å². The van der Waals surface area contributed by atoms with Gasteiger partial charge in [0.1, 0.15) is 0 Å². The molecule has 0 atom stereocenters. The molecule has 0 radical (unpaired) electrons. The molecule has 0 aromatic heterocycles. The monoisotopic (exact) mass is 412 g/mol. The van der Waals surface area contributed by atoms with Crippen LogP contribution in [0.25, 0.3) is 0 Å². The highest BCUT2D eigenvalue weighted by molar-refractivity contribution is 9.10. The summed E-state index contributed by atoms with van der Waals surface area (Å²) in [5, 5.41) is 6.07. The van der Waals surface area contributed by atoms with Gasteiger partial charge in [0, 0.05) is 22.0 Å². The van der Waals surface area contributed by atoms with E-state index in [-0.39, 0.29) is 17.6 Å². The van der Waals surface area contributed by atoms with Crippen molar-refractivity contribution < 1.29 is 9.59 Å². The Balaban J connectivity index is 1.96. The largest absolute Gasteiger partial charge is 0.325 e. The van der Waals surface area contributed by atoms with Crippen molar-refractivity contribution in [3.8, 4) is 0 Å². The lowest BCUT2D eigenvalue weighted by molar-refractivity contribution is -0.114. The number of carbonyl (C=O) groups is 2. The predicted octanol–water partition coefficient (Wildman–Crippen LogP) is 4.79. The molecule has 0 unspecified atom stereocenters. The topological polar surface area (TPSA) is 58.2 Å². The molecular formula is C16H14BrClN2O2S. The van der Waals surface area contributed by atoms with Crippen molar-refractivity contribution in [3.05, 3.63) is 52.0 Å². The minimum absolute atomic E-state index is 0.146. The van der Waals surface area contributed by atoms with Crippen molar-refractivity contribution in [1.29, 1.82) is 0 Å². The van der Waals surface area contributed by atoms with Crippen molar-refractivity contribution in [3.63, 3.8) is 0 Å². The first-order valence-corrected chi connectivity index (χ1v) is 8.85. The maximum atomic E-state index is 12.0. The van der Waals surface area contributed by atoms with Crippen LogP contribution in [-0.4, -0.2) is 17.6 Å². The second-order valence-electron chi connectivity index (χ2n) is 4.64. The molecule has 0 saturated carbocycles. The summed E-state index contributed by atoms with van der Waals surface area (Å²) in [5.74, 6) is -0.0670. The van der Waals surface area contributed by atoms with E-state index in [1.807, 2.05) is 18.2 Å². The Labute approximate surface area is 152 Å². The zero-order valence-electron chi connectivity index (χ0n) is 12.2. The molecule has 120 valence electrons. The molecule has 0 aliphatic rings. The summed E-state index contributed by atoms with van der Waals surface area (Å²) in [4.78, 5) is 24.1. The number of anilines is 2. The van der Waals surface area contributed by atoms with Gasteiger partial charge in [-0.05, 0) is 46.3 Å². The van der Waals surface area contributed by atoms with E-state index in [0.717, 1.165) is 9.37 Å². The van der Waals surface area contributed by atoms with E-state index in [0.29, 0.717) is 16.4 Å². The Bertz CT molecular complexity index is 740. The summed E-state index contributed by atoms with van der Waals surface area (Å²) in [7, 11) is 0. The fourth-order valence-corrected chi connectivity index (χ4v) is 3.03. The van der Waals surface area contributed by atoms with Crippen LogP contribution in [0, 0.1) is 0 Å². The number of nitrogens with one attached hydrogen (secondary N) is 2. The van der Waals surface area contributed by atoms with Crippen molar-refractivity contribution >= 4 is 62.5 Å². The third-order valence-electron chi connectivity index (χ3n) is 2.76. The van der Waals surface area contributed by atoms with E-state index in [4.69, 9.17) is 11.6 Å². The maximum absolute atomic E-state index is 12.0. The maximum Gasteiger partial charge on any atom is 0.234 e. The van der Waals surface area contributed by atoms with Gasteiger partial charge in [0.25, 0.3) is 0 Å². The summed E-state index contributed by atoms with van der Waals surface area (Å²) in [6.45, 7) is 1.45. The summed E-state index contributed by atoms with van der Waals surface area (Å²) in [5.41, 5.74) is 1.34. The van der Waals surface area contributed by atoms with Gasteiger partial charge in [0.15, 0.2) is 0 Å². The number of halogens is 2. The second-order valence-corrected chi connectivity index (χ2v) is 6.92. The van der Waals surface area contributed by atoms with Crippen LogP contribution in [0.3, 0.4) is 0 Å². The van der Waals surface area contributed by atoms with Crippen molar-refractivity contribution in [2.24, 2.45) is 0 Å². The van der Waals surface area contributed by atoms with Gasteiger partial charge < -0.3 is 10.6 Å². The van der Waals surface area contributed by atoms with Crippen LogP contribution in [-0.2, 0) is 9.59 Å². The molecule has 2 rings (SSSR count). The summed E-state index contributed by atoms with van der Waals surface area (Å²) in [6, 6.07) is 12.6. The van der Waals surface area contributed by atoms with Gasteiger partial charge in [-0.15, -0.1) is 11.8 Å². The van der Waals surface area contributed by atoms with E-state index in [1.165, 1.54) is 18.7 Å². The molecule has 7 heteroatoms. The first-order valence-electron chi connectivity index (χ1n) is 6.70. The van der Waals surface area contributed by atoms with Crippen molar-refractivity contribution in [2.75, 3.05) is 16.4 Å². The predicted molar refractivity (Wildman–Crippen MR) is 99.3 cm³/mol. The highest BCUT2D eigenvalue weighted by atomic mass is 79.9. The van der Waals surface area contributed by atoms with Crippen molar-refractivity contribution in [2.45, 2.75) is 11.8 Å². The van der Waals surface area contributed by atoms with Gasteiger partial charge in [0.05, 0.1) is 16.5 Å². The van der Waals surface area contributed by atoms with Crippen LogP contribution >= 0.6 is 39.3 Å². The molecule has 0 bridgehead atoms. The molecule has 4 nitrogen and oxygen atoms in total. The average Bonchev–Trinajstić information content (AvgIpc) is 2.49. The lowest BCUT2D eigenvalue weighted by Crippen LogP contribution is -2.14. The third-order valence-corrected chi connectivity index (χ3v) is 5.07. The molecular weight excluding hydrogens is 400 g/mol. The van der Waals surface area contributed by atoms with Crippen LogP contribution in [0.15, 0.2) is 51.8 Å². The van der Waals surface area contributed by atoms with Crippen LogP contribution < -0.4 is 10.6 Å². The fourth-order valence-electron chi connectivity index (χ4n) is 1.80. The first kappa shape index (κ1) is 17.8. The minimum Gasteiger partial charge on any atom is -0.325 e. The molecule has 2 amide bonds. The van der Waals surface area contributed by atoms with Crippen LogP contribution in [0.1, 0.15) is 6.92 Å². The lowest BCUT2D eigenvalue weighted by atomic mass is 10.3. The number of amides is 2. The number of rotatable bonds is 5. The normalized spacial score (nSPS) is 10.2. The van der Waals surface area contributed by atoms with Crippen LogP contribution in [0.4, 0.5) is 11.4 Å². The molecule has 23 heavy (non-hydrogen) atoms. The Kier molecular flexibility index (Phi) is 6.50. The summed E-state index contributed by atoms with van der Waals surface area (Å²) < 4.78 is 0.774. The fraction of sp³-hybridized carbons (Fsp3) is 0.125. The SMILES string of the molecule is CC(=O)Nc1ccccc1SCC(=O)Nc1ccc(Br)c(Cl)c1. The molecule has 0 aliphatic heterocycles. The number of benzene rings is 2. The zero-order chi connectivity index (χ0) is 16.8. The molecule has 0 spiro atoms. The van der Waals surface area contributed by atoms with Gasteiger partial charge in [-0.1, -0.05) is 23.7 Å². The third kappa shape index (κ3) is 5.57. The van der Waals surface area contributed by atoms with Gasteiger partial charge >= 0.3 is 0 Å². The standard InChI is InChI=1S/C16H14BrClN2O2S/c1-10(21)19-14-4-2-3-5-15(14)23-9-16(22)20-11-6-7-12(17)13(18)8-11/h2-8H,9H2,1H3,(H,19,21)(H,20,22). The van der Waals surface area contributed by atoms with Gasteiger partial charge in [0.2, 0.25) is 11.8 Å². The van der Waals surface area contributed by atoms with Crippen molar-refractivity contribution in [1.82, 2.24) is 0 Å². The molecule has 0 heterocycles. The quantitative estimate of drug-likeness (QED) is 0.693. The van der Waals surface area contributed by atoms with E-state index in [9.17, 15) is 9.59 Å². The Morgan fingerprint density at radius 2 is 1.91 bits per heavy atom. The average molecular weight is 414 g/mol. The number of para-hydroxylation sites is 1. The van der Waals surface area contributed by atoms with Gasteiger partial charge in [-0.25, -0.2) is 0 Å². The summed E-state index contributed by atoms with van der Waals surface area (Å²) >= 11 is 10.7. The Morgan fingerprint density at radius 3 is 2.61 bits per heavy atom. The van der Waals surface area contributed by atoms with Crippen LogP contribution in [0.5, 0.6) is 0 Å². The Hall–Kier alpha value is -1.50. The van der Waals surface area contributed by atoms with E-state index < -0.39 is 0 Å². The summed E-state index contributed by atoms with van der Waals surface area (Å²) in [6.07, 6.45) is 0. The zero-order valence-corrected chi connectivity index (χ0v) is 15.4. The number of thioether (sulfide) groups is 1. The van der Waals surface area contributed by atoms with E-state index >= 15 is 0 Å². The highest BCUT2D eigenvalue weighted by Crippen LogP contribution is 2.28. The van der Waals surface area contributed by atoms with Crippen LogP contribution in [0.2, 0.25) is 5.02 Å². The smallest absolute Gasteiger partial charge is 0.234 e. The molecule has 0 aliphatic carbocycles. The molecule has 2 N–H and O–H groups in total. The Morgan fingerprint density at radius 1 is 1.17 bits per heavy atom.